The van der Waals surface area contributed by atoms with Crippen molar-refractivity contribution < 1.29 is 8.78 Å². The van der Waals surface area contributed by atoms with Crippen LogP contribution < -0.4 is 5.73 Å². The molecule has 1 aromatic heterocycles. The monoisotopic (exact) mass is 197 g/mol. The van der Waals surface area contributed by atoms with E-state index in [4.69, 9.17) is 11.0 Å². The average molecular weight is 197 g/mol. The number of hydrogen-bond donors (Lipinski definition) is 1. The zero-order valence-corrected chi connectivity index (χ0v) is 7.59. The Hall–Kier alpha value is -1.54. The maximum Gasteiger partial charge on any atom is 0.266 e. The number of nitrogens with zero attached hydrogens (tertiary/aromatic N) is 2. The maximum atomic E-state index is 12.5. The summed E-state index contributed by atoms with van der Waals surface area (Å²) < 4.78 is 25.0. The smallest absolute Gasteiger partial charge is 0.266 e. The van der Waals surface area contributed by atoms with Gasteiger partial charge >= 0.3 is 0 Å². The van der Waals surface area contributed by atoms with Gasteiger partial charge in [0.25, 0.3) is 6.43 Å². The van der Waals surface area contributed by atoms with Crippen molar-refractivity contribution in [1.82, 2.24) is 4.98 Å². The number of nitriles is 1. The van der Waals surface area contributed by atoms with Crippen LogP contribution in [0.1, 0.15) is 28.9 Å². The number of alkyl halides is 2. The topological polar surface area (TPSA) is 62.7 Å². The summed E-state index contributed by atoms with van der Waals surface area (Å²) in [5, 5.41) is 8.66. The van der Waals surface area contributed by atoms with E-state index in [2.05, 4.69) is 4.98 Å². The number of rotatable bonds is 2. The van der Waals surface area contributed by atoms with E-state index < -0.39 is 6.43 Å². The predicted octanol–water partition coefficient (Wildman–Crippen LogP) is 1.66. The largest absolute Gasteiger partial charge is 0.325 e. The Labute approximate surface area is 80.2 Å². The number of pyridine rings is 1. The third-order valence-corrected chi connectivity index (χ3v) is 1.85. The fourth-order valence-corrected chi connectivity index (χ4v) is 1.22. The highest BCUT2D eigenvalue weighted by Gasteiger charge is 2.17. The lowest BCUT2D eigenvalue weighted by Gasteiger charge is -2.07. The number of aryl methyl sites for hydroxylation is 1. The maximum absolute atomic E-state index is 12.5. The highest BCUT2D eigenvalue weighted by atomic mass is 19.3. The Morgan fingerprint density at radius 3 is 2.71 bits per heavy atom. The van der Waals surface area contributed by atoms with Gasteiger partial charge in [-0.25, -0.2) is 8.78 Å². The predicted molar refractivity (Wildman–Crippen MR) is 46.5 cm³/mol. The Kier molecular flexibility index (Phi) is 3.10. The molecule has 2 N–H and O–H groups in total. The summed E-state index contributed by atoms with van der Waals surface area (Å²) in [6, 6.07) is 3.02. The van der Waals surface area contributed by atoms with Gasteiger partial charge in [0.05, 0.1) is 22.9 Å². The molecule has 0 saturated carbocycles. The minimum Gasteiger partial charge on any atom is -0.325 e. The molecule has 1 aromatic rings. The van der Waals surface area contributed by atoms with Crippen LogP contribution in [0.15, 0.2) is 6.07 Å². The first-order valence-corrected chi connectivity index (χ1v) is 3.99. The molecule has 0 spiro atoms. The summed E-state index contributed by atoms with van der Waals surface area (Å²) in [6.07, 6.45) is -2.68. The molecule has 0 fully saturated rings. The van der Waals surface area contributed by atoms with E-state index in [0.29, 0.717) is 5.69 Å². The Morgan fingerprint density at radius 2 is 2.29 bits per heavy atom. The van der Waals surface area contributed by atoms with Gasteiger partial charge in [-0.1, -0.05) is 0 Å². The van der Waals surface area contributed by atoms with Crippen molar-refractivity contribution in [3.63, 3.8) is 0 Å². The SMILES string of the molecule is Cc1nc(CN)cc(C#N)c1C(F)F. The van der Waals surface area contributed by atoms with Gasteiger partial charge in [-0.05, 0) is 13.0 Å². The van der Waals surface area contributed by atoms with E-state index >= 15 is 0 Å². The zero-order chi connectivity index (χ0) is 10.7. The summed E-state index contributed by atoms with van der Waals surface area (Å²) in [5.41, 5.74) is 5.57. The van der Waals surface area contributed by atoms with Gasteiger partial charge in [-0.15, -0.1) is 0 Å². The summed E-state index contributed by atoms with van der Waals surface area (Å²) in [4.78, 5) is 3.87. The van der Waals surface area contributed by atoms with Gasteiger partial charge in [0.15, 0.2) is 0 Å². The number of aromatic nitrogens is 1. The molecule has 1 rings (SSSR count). The third-order valence-electron chi connectivity index (χ3n) is 1.85. The van der Waals surface area contributed by atoms with Crippen molar-refractivity contribution in [2.75, 3.05) is 0 Å². The Bertz CT molecular complexity index is 382. The van der Waals surface area contributed by atoms with Crippen LogP contribution in [0, 0.1) is 18.3 Å². The average Bonchev–Trinajstić information content (AvgIpc) is 2.15. The van der Waals surface area contributed by atoms with Crippen LogP contribution in [0.5, 0.6) is 0 Å². The Balaban J connectivity index is 3.37. The van der Waals surface area contributed by atoms with Crippen LogP contribution in [0.2, 0.25) is 0 Å². The molecule has 0 amide bonds. The van der Waals surface area contributed by atoms with E-state index in [9.17, 15) is 8.78 Å². The molecule has 0 radical (unpaired) electrons. The van der Waals surface area contributed by atoms with Crippen LogP contribution in [0.4, 0.5) is 8.78 Å². The standard InChI is InChI=1S/C9H9F2N3/c1-5-8(9(10)11)6(3-12)2-7(4-13)14-5/h2,9H,4,13H2,1H3. The minimum atomic E-state index is -2.68. The molecule has 14 heavy (non-hydrogen) atoms. The first-order chi connectivity index (χ1) is 6.60. The van der Waals surface area contributed by atoms with E-state index in [1.165, 1.54) is 13.0 Å². The first kappa shape index (κ1) is 10.5. The van der Waals surface area contributed by atoms with E-state index in [1.54, 1.807) is 6.07 Å². The third kappa shape index (κ3) is 1.86. The quantitative estimate of drug-likeness (QED) is 0.784. The molecule has 0 bridgehead atoms. The summed E-state index contributed by atoms with van der Waals surface area (Å²) in [7, 11) is 0. The molecule has 74 valence electrons. The zero-order valence-electron chi connectivity index (χ0n) is 7.59. The normalized spacial score (nSPS) is 10.3. The van der Waals surface area contributed by atoms with E-state index in [1.807, 2.05) is 0 Å². The number of hydrogen-bond acceptors (Lipinski definition) is 3. The van der Waals surface area contributed by atoms with Crippen molar-refractivity contribution in [3.8, 4) is 6.07 Å². The molecule has 3 nitrogen and oxygen atoms in total. The molecule has 0 atom stereocenters. The lowest BCUT2D eigenvalue weighted by Crippen LogP contribution is -2.05. The molecule has 1 heterocycles. The Morgan fingerprint density at radius 1 is 1.64 bits per heavy atom. The van der Waals surface area contributed by atoms with Crippen LogP contribution >= 0.6 is 0 Å². The van der Waals surface area contributed by atoms with E-state index in [-0.39, 0.29) is 23.4 Å². The first-order valence-electron chi connectivity index (χ1n) is 3.99. The molecule has 0 aliphatic rings. The molecule has 0 aliphatic carbocycles. The molecular formula is C9H9F2N3. The highest BCUT2D eigenvalue weighted by molar-refractivity contribution is 5.41. The molecule has 0 aromatic carbocycles. The molecule has 0 aliphatic heterocycles. The van der Waals surface area contributed by atoms with Gasteiger partial charge in [0, 0.05) is 12.2 Å². The summed E-state index contributed by atoms with van der Waals surface area (Å²) >= 11 is 0. The van der Waals surface area contributed by atoms with Crippen molar-refractivity contribution in [2.24, 2.45) is 5.73 Å². The van der Waals surface area contributed by atoms with Gasteiger partial charge in [0.1, 0.15) is 0 Å². The second-order valence-electron chi connectivity index (χ2n) is 2.78. The molecular weight excluding hydrogens is 188 g/mol. The van der Waals surface area contributed by atoms with E-state index in [0.717, 1.165) is 0 Å². The van der Waals surface area contributed by atoms with Gasteiger partial charge in [-0.3, -0.25) is 4.98 Å². The summed E-state index contributed by atoms with van der Waals surface area (Å²) in [5.74, 6) is 0. The van der Waals surface area contributed by atoms with Crippen LogP contribution in [-0.2, 0) is 6.54 Å². The number of nitrogens with two attached hydrogens (primary N) is 1. The molecule has 0 unspecified atom stereocenters. The van der Waals surface area contributed by atoms with Crippen LogP contribution in [-0.4, -0.2) is 4.98 Å². The fraction of sp³-hybridized carbons (Fsp3) is 0.333. The van der Waals surface area contributed by atoms with Gasteiger partial charge in [-0.2, -0.15) is 5.26 Å². The second-order valence-corrected chi connectivity index (χ2v) is 2.78. The lowest BCUT2D eigenvalue weighted by atomic mass is 10.1. The molecule has 5 heteroatoms. The minimum absolute atomic E-state index is 0.0482. The summed E-state index contributed by atoms with van der Waals surface area (Å²) in [6.45, 7) is 1.58. The number of halogens is 2. The fourth-order valence-electron chi connectivity index (χ4n) is 1.22. The highest BCUT2D eigenvalue weighted by Crippen LogP contribution is 2.25. The second kappa shape index (κ2) is 4.11. The van der Waals surface area contributed by atoms with Gasteiger partial charge in [0.2, 0.25) is 0 Å². The van der Waals surface area contributed by atoms with Crippen LogP contribution in [0.25, 0.3) is 0 Å². The molecule has 0 saturated heterocycles. The van der Waals surface area contributed by atoms with Crippen molar-refractivity contribution in [1.29, 1.82) is 5.26 Å². The van der Waals surface area contributed by atoms with Crippen molar-refractivity contribution in [3.05, 3.63) is 28.6 Å². The van der Waals surface area contributed by atoms with Gasteiger partial charge < -0.3 is 5.73 Å². The van der Waals surface area contributed by atoms with Crippen molar-refractivity contribution in [2.45, 2.75) is 19.9 Å². The van der Waals surface area contributed by atoms with Crippen LogP contribution in [0.3, 0.4) is 0 Å². The van der Waals surface area contributed by atoms with Crippen molar-refractivity contribution >= 4 is 0 Å². The lowest BCUT2D eigenvalue weighted by molar-refractivity contribution is 0.149.